The van der Waals surface area contributed by atoms with Crippen LogP contribution in [0.4, 0.5) is 16.2 Å². The summed E-state index contributed by atoms with van der Waals surface area (Å²) in [6.07, 6.45) is 0.509. The molecular weight excluding hydrogens is 482 g/mol. The highest BCUT2D eigenvalue weighted by atomic mass is 35.5. The van der Waals surface area contributed by atoms with Crippen molar-refractivity contribution in [3.63, 3.8) is 0 Å². The van der Waals surface area contributed by atoms with Gasteiger partial charge < -0.3 is 20.1 Å². The van der Waals surface area contributed by atoms with Gasteiger partial charge in [0.2, 0.25) is 0 Å². The topological polar surface area (TPSA) is 97.0 Å². The van der Waals surface area contributed by atoms with E-state index < -0.39 is 11.7 Å². The number of halogens is 1. The van der Waals surface area contributed by atoms with Crippen molar-refractivity contribution < 1.29 is 23.9 Å². The van der Waals surface area contributed by atoms with Gasteiger partial charge in [0.15, 0.2) is 5.72 Å². The molecule has 2 heterocycles. The third kappa shape index (κ3) is 4.35. The number of benzene rings is 3. The number of urea groups is 1. The van der Waals surface area contributed by atoms with Crippen LogP contribution in [-0.4, -0.2) is 30.2 Å². The molecule has 0 aliphatic carbocycles. The van der Waals surface area contributed by atoms with Gasteiger partial charge in [-0.3, -0.25) is 9.69 Å². The molecule has 8 nitrogen and oxygen atoms in total. The predicted octanol–water partition coefficient (Wildman–Crippen LogP) is 5.54. The van der Waals surface area contributed by atoms with E-state index >= 15 is 0 Å². The normalized spacial score (nSPS) is 20.0. The maximum atomic E-state index is 13.2. The fraction of sp³-hybridized carbons (Fsp3) is 0.222. The van der Waals surface area contributed by atoms with Crippen LogP contribution >= 0.6 is 11.6 Å². The first kappa shape index (κ1) is 23.7. The molecule has 0 radical (unpaired) electrons. The summed E-state index contributed by atoms with van der Waals surface area (Å²) < 4.78 is 11.3. The number of hydrogen-bond acceptors (Lipinski definition) is 5. The number of ether oxygens (including phenoxy) is 2. The zero-order valence-electron chi connectivity index (χ0n) is 19.7. The second-order valence-electron chi connectivity index (χ2n) is 8.80. The lowest BCUT2D eigenvalue weighted by Crippen LogP contribution is -2.65. The molecule has 3 amide bonds. The van der Waals surface area contributed by atoms with Crippen molar-refractivity contribution in [3.05, 3.63) is 88.4 Å². The summed E-state index contributed by atoms with van der Waals surface area (Å²) in [6, 6.07) is 18.0. The lowest BCUT2D eigenvalue weighted by atomic mass is 9.90. The first-order valence-electron chi connectivity index (χ1n) is 11.6. The van der Waals surface area contributed by atoms with E-state index in [4.69, 9.17) is 21.1 Å². The SMILES string of the molecule is CCOC(=O)c1ccc(NC(=O)c2cccc(N3C(=O)N[C@H]4C[C@@]3(C)Oc3ccc(Cl)cc34)c2)cc1. The molecule has 2 aliphatic heterocycles. The van der Waals surface area contributed by atoms with Gasteiger partial charge >= 0.3 is 12.0 Å². The van der Waals surface area contributed by atoms with Gasteiger partial charge in [0.05, 0.1) is 23.9 Å². The van der Waals surface area contributed by atoms with Gasteiger partial charge in [-0.15, -0.1) is 0 Å². The number of nitrogens with zero attached hydrogens (tertiary/aromatic N) is 1. The van der Waals surface area contributed by atoms with E-state index in [1.807, 2.05) is 6.92 Å². The van der Waals surface area contributed by atoms with Crippen molar-refractivity contribution in [2.45, 2.75) is 32.0 Å². The molecule has 2 N–H and O–H groups in total. The highest BCUT2D eigenvalue weighted by molar-refractivity contribution is 6.30. The third-order valence-electron chi connectivity index (χ3n) is 6.25. The number of esters is 1. The standard InChI is InChI=1S/C27H24ClN3O5/c1-3-35-25(33)16-7-10-19(11-8-16)29-24(32)17-5-4-6-20(13-17)31-26(34)30-22-15-27(31,2)36-23-12-9-18(28)14-21(22)23/h4-14,22H,3,15H2,1-2H3,(H,29,32)(H,30,34)/t22-,27+/m0/s1. The number of rotatable bonds is 5. The van der Waals surface area contributed by atoms with E-state index in [0.29, 0.717) is 39.7 Å². The zero-order chi connectivity index (χ0) is 25.4. The summed E-state index contributed by atoms with van der Waals surface area (Å²) in [5.74, 6) is -0.122. The highest BCUT2D eigenvalue weighted by Gasteiger charge is 2.50. The number of carbonyl (C=O) groups is 3. The molecule has 1 fully saturated rings. The molecule has 0 unspecified atom stereocenters. The van der Waals surface area contributed by atoms with Crippen LogP contribution < -0.4 is 20.3 Å². The van der Waals surface area contributed by atoms with Crippen molar-refractivity contribution in [3.8, 4) is 5.75 Å². The Morgan fingerprint density at radius 2 is 1.92 bits per heavy atom. The smallest absolute Gasteiger partial charge is 0.338 e. The third-order valence-corrected chi connectivity index (χ3v) is 6.49. The van der Waals surface area contributed by atoms with Crippen molar-refractivity contribution in [1.29, 1.82) is 0 Å². The molecule has 2 atom stereocenters. The van der Waals surface area contributed by atoms with Gasteiger partial charge in [0.25, 0.3) is 5.91 Å². The maximum Gasteiger partial charge on any atom is 0.338 e. The van der Waals surface area contributed by atoms with Crippen LogP contribution in [0, 0.1) is 0 Å². The number of carbonyl (C=O) groups excluding carboxylic acids is 3. The quantitative estimate of drug-likeness (QED) is 0.444. The fourth-order valence-corrected chi connectivity index (χ4v) is 4.81. The number of nitrogens with one attached hydrogen (secondary N) is 2. The minimum Gasteiger partial charge on any atom is -0.467 e. The van der Waals surface area contributed by atoms with Crippen LogP contribution in [0.15, 0.2) is 66.7 Å². The second-order valence-corrected chi connectivity index (χ2v) is 9.24. The minimum absolute atomic E-state index is 0.231. The molecule has 9 heteroatoms. The van der Waals surface area contributed by atoms with Crippen molar-refractivity contribution in [2.75, 3.05) is 16.8 Å². The monoisotopic (exact) mass is 505 g/mol. The van der Waals surface area contributed by atoms with Crippen LogP contribution in [-0.2, 0) is 4.74 Å². The first-order valence-corrected chi connectivity index (χ1v) is 11.9. The van der Waals surface area contributed by atoms with Gasteiger partial charge in [-0.05, 0) is 74.5 Å². The zero-order valence-corrected chi connectivity index (χ0v) is 20.5. The van der Waals surface area contributed by atoms with Gasteiger partial charge in [-0.2, -0.15) is 0 Å². The molecule has 5 rings (SSSR count). The number of anilines is 2. The van der Waals surface area contributed by atoms with Crippen LogP contribution in [0.1, 0.15) is 52.6 Å². The molecule has 3 aromatic carbocycles. The minimum atomic E-state index is -0.953. The van der Waals surface area contributed by atoms with E-state index in [9.17, 15) is 14.4 Å². The molecular formula is C27H24ClN3O5. The van der Waals surface area contributed by atoms with Crippen molar-refractivity contribution in [2.24, 2.45) is 0 Å². The van der Waals surface area contributed by atoms with Gasteiger partial charge in [0, 0.05) is 28.3 Å². The Hall–Kier alpha value is -4.04. The van der Waals surface area contributed by atoms with Crippen LogP contribution in [0.2, 0.25) is 5.02 Å². The largest absolute Gasteiger partial charge is 0.467 e. The fourth-order valence-electron chi connectivity index (χ4n) is 4.63. The van der Waals surface area contributed by atoms with E-state index in [1.165, 1.54) is 4.90 Å². The summed E-state index contributed by atoms with van der Waals surface area (Å²) in [5.41, 5.74) is 1.70. The molecule has 2 bridgehead atoms. The van der Waals surface area contributed by atoms with E-state index in [-0.39, 0.29) is 24.6 Å². The molecule has 1 saturated heterocycles. The number of hydrogen-bond donors (Lipinski definition) is 2. The summed E-state index contributed by atoms with van der Waals surface area (Å²) in [6.45, 7) is 3.88. The average molecular weight is 506 g/mol. The first-order chi connectivity index (χ1) is 17.3. The second kappa shape index (κ2) is 9.20. The number of amides is 3. The van der Waals surface area contributed by atoms with Crippen molar-refractivity contribution in [1.82, 2.24) is 5.32 Å². The van der Waals surface area contributed by atoms with Gasteiger partial charge in [0.1, 0.15) is 5.75 Å². The van der Waals surface area contributed by atoms with E-state index in [2.05, 4.69) is 10.6 Å². The molecule has 3 aromatic rings. The Bertz CT molecular complexity index is 1360. The Kier molecular flexibility index (Phi) is 6.05. The summed E-state index contributed by atoms with van der Waals surface area (Å²) >= 11 is 6.15. The van der Waals surface area contributed by atoms with E-state index in [1.54, 1.807) is 73.7 Å². The molecule has 0 spiro atoms. The summed E-state index contributed by atoms with van der Waals surface area (Å²) in [5, 5.41) is 6.42. The van der Waals surface area contributed by atoms with Gasteiger partial charge in [-0.25, -0.2) is 9.59 Å². The average Bonchev–Trinajstić information content (AvgIpc) is 2.85. The number of fused-ring (bicyclic) bond motifs is 4. The van der Waals surface area contributed by atoms with Crippen molar-refractivity contribution >= 4 is 40.9 Å². The molecule has 0 aromatic heterocycles. The lowest BCUT2D eigenvalue weighted by Gasteiger charge is -2.50. The van der Waals surface area contributed by atoms with E-state index in [0.717, 1.165) is 5.56 Å². The molecule has 0 saturated carbocycles. The Labute approximate surface area is 213 Å². The maximum absolute atomic E-state index is 13.2. The summed E-state index contributed by atoms with van der Waals surface area (Å²) in [7, 11) is 0. The predicted molar refractivity (Wildman–Crippen MR) is 136 cm³/mol. The molecule has 184 valence electrons. The van der Waals surface area contributed by atoms with Crippen LogP contribution in [0.3, 0.4) is 0 Å². The molecule has 36 heavy (non-hydrogen) atoms. The Balaban J connectivity index is 1.37. The highest BCUT2D eigenvalue weighted by Crippen LogP contribution is 2.46. The van der Waals surface area contributed by atoms with Gasteiger partial charge in [-0.1, -0.05) is 17.7 Å². The van der Waals surface area contributed by atoms with Crippen LogP contribution in [0.25, 0.3) is 0 Å². The lowest BCUT2D eigenvalue weighted by molar-refractivity contribution is 0.0378. The molecule has 2 aliphatic rings. The van der Waals surface area contributed by atoms with Crippen LogP contribution in [0.5, 0.6) is 5.75 Å². The summed E-state index contributed by atoms with van der Waals surface area (Å²) in [4.78, 5) is 39.5. The Morgan fingerprint density at radius 3 is 2.67 bits per heavy atom. The Morgan fingerprint density at radius 1 is 1.14 bits per heavy atom.